The highest BCUT2D eigenvalue weighted by atomic mass is 16.5. The Morgan fingerprint density at radius 2 is 1.73 bits per heavy atom. The molecular weight excluding hydrogens is 378 g/mol. The number of ether oxygens (including phenoxy) is 1. The molecule has 1 fully saturated rings. The maximum absolute atomic E-state index is 12.3. The van der Waals surface area contributed by atoms with Gasteiger partial charge in [0.15, 0.2) is 5.78 Å². The molecule has 1 N–H and O–H groups in total. The molecule has 2 aromatic carbocycles. The quantitative estimate of drug-likeness (QED) is 0.532. The number of likely N-dealkylation sites (N-methyl/N-ethyl adjacent to an activating group) is 1. The molecule has 2 aromatic rings. The molecule has 1 aliphatic rings. The minimum atomic E-state index is -0.0164. The molecule has 0 radical (unpaired) electrons. The summed E-state index contributed by atoms with van der Waals surface area (Å²) in [6, 6.07) is 13.2. The van der Waals surface area contributed by atoms with Crippen molar-refractivity contribution in [1.29, 1.82) is 0 Å². The third kappa shape index (κ3) is 6.07. The highest BCUT2D eigenvalue weighted by molar-refractivity contribution is 5.94. The molecule has 1 amide bonds. The average Bonchev–Trinajstić information content (AvgIpc) is 2.72. The summed E-state index contributed by atoms with van der Waals surface area (Å²) >= 11 is 0. The maximum atomic E-state index is 12.3. The third-order valence-corrected chi connectivity index (χ3v) is 5.40. The molecule has 0 saturated carbocycles. The zero-order valence-electron chi connectivity index (χ0n) is 18.1. The second-order valence-electron chi connectivity index (χ2n) is 7.87. The smallest absolute Gasteiger partial charge is 0.224 e. The first-order valence-corrected chi connectivity index (χ1v) is 10.5. The maximum Gasteiger partial charge on any atom is 0.224 e. The first-order valence-electron chi connectivity index (χ1n) is 10.5. The standard InChI is InChI=1S/C24H31N3O3/c1-18-17-21(8-11-23(18)27-14-12-26(3)13-15-27)25-24(29)5-4-16-30-22-9-6-20(7-10-22)19(2)28/h6-11,17H,4-5,12-16H2,1-3H3,(H,25,29). The number of rotatable bonds is 8. The molecule has 1 heterocycles. The van der Waals surface area contributed by atoms with Crippen molar-refractivity contribution in [1.82, 2.24) is 4.90 Å². The summed E-state index contributed by atoms with van der Waals surface area (Å²) in [7, 11) is 2.15. The molecule has 30 heavy (non-hydrogen) atoms. The molecule has 0 aliphatic carbocycles. The van der Waals surface area contributed by atoms with Gasteiger partial charge in [0.2, 0.25) is 5.91 Å². The number of hydrogen-bond acceptors (Lipinski definition) is 5. The van der Waals surface area contributed by atoms with Gasteiger partial charge in [0.05, 0.1) is 6.61 Å². The summed E-state index contributed by atoms with van der Waals surface area (Å²) in [5.74, 6) is 0.720. The van der Waals surface area contributed by atoms with Crippen molar-refractivity contribution in [3.8, 4) is 5.75 Å². The van der Waals surface area contributed by atoms with Gasteiger partial charge in [0.1, 0.15) is 5.75 Å². The highest BCUT2D eigenvalue weighted by Crippen LogP contribution is 2.24. The van der Waals surface area contributed by atoms with Crippen molar-refractivity contribution in [3.63, 3.8) is 0 Å². The first-order chi connectivity index (χ1) is 14.4. The lowest BCUT2D eigenvalue weighted by Gasteiger charge is -2.35. The first kappa shape index (κ1) is 21.8. The van der Waals surface area contributed by atoms with Crippen LogP contribution in [0.4, 0.5) is 11.4 Å². The van der Waals surface area contributed by atoms with E-state index in [1.54, 1.807) is 24.3 Å². The lowest BCUT2D eigenvalue weighted by molar-refractivity contribution is -0.116. The number of amides is 1. The Morgan fingerprint density at radius 3 is 2.37 bits per heavy atom. The van der Waals surface area contributed by atoms with Crippen LogP contribution in [0.25, 0.3) is 0 Å². The molecular formula is C24H31N3O3. The van der Waals surface area contributed by atoms with Crippen LogP contribution in [-0.2, 0) is 4.79 Å². The fourth-order valence-corrected chi connectivity index (χ4v) is 3.57. The Hall–Kier alpha value is -2.86. The second-order valence-corrected chi connectivity index (χ2v) is 7.87. The summed E-state index contributed by atoms with van der Waals surface area (Å²) in [5, 5.41) is 2.98. The minimum absolute atomic E-state index is 0.0164. The van der Waals surface area contributed by atoms with E-state index in [2.05, 4.69) is 35.2 Å². The van der Waals surface area contributed by atoms with Gasteiger partial charge < -0.3 is 19.9 Å². The molecule has 0 aromatic heterocycles. The fraction of sp³-hybridized carbons (Fsp3) is 0.417. The van der Waals surface area contributed by atoms with E-state index in [0.29, 0.717) is 30.8 Å². The number of benzene rings is 2. The number of carbonyl (C=O) groups is 2. The van der Waals surface area contributed by atoms with Crippen LogP contribution in [-0.4, -0.2) is 56.4 Å². The Bertz CT molecular complexity index is 872. The number of ketones is 1. The zero-order valence-corrected chi connectivity index (χ0v) is 18.1. The average molecular weight is 410 g/mol. The highest BCUT2D eigenvalue weighted by Gasteiger charge is 2.16. The van der Waals surface area contributed by atoms with E-state index >= 15 is 0 Å². The molecule has 0 atom stereocenters. The number of carbonyl (C=O) groups excluding carboxylic acids is 2. The van der Waals surface area contributed by atoms with Crippen LogP contribution >= 0.6 is 0 Å². The Balaban J connectivity index is 1.42. The monoisotopic (exact) mass is 409 g/mol. The Labute approximate surface area is 178 Å². The molecule has 0 spiro atoms. The summed E-state index contributed by atoms with van der Waals surface area (Å²) in [5.41, 5.74) is 3.91. The summed E-state index contributed by atoms with van der Waals surface area (Å²) < 4.78 is 5.65. The lowest BCUT2D eigenvalue weighted by atomic mass is 10.1. The molecule has 6 heteroatoms. The molecule has 160 valence electrons. The fourth-order valence-electron chi connectivity index (χ4n) is 3.57. The number of anilines is 2. The van der Waals surface area contributed by atoms with Crippen LogP contribution in [0.1, 0.15) is 35.7 Å². The van der Waals surface area contributed by atoms with Gasteiger partial charge in [-0.25, -0.2) is 0 Å². The number of Topliss-reactive ketones (excluding diaryl/α,β-unsaturated/α-hetero) is 1. The van der Waals surface area contributed by atoms with E-state index in [0.717, 1.165) is 31.9 Å². The van der Waals surface area contributed by atoms with E-state index in [9.17, 15) is 9.59 Å². The van der Waals surface area contributed by atoms with E-state index in [1.807, 2.05) is 12.1 Å². The summed E-state index contributed by atoms with van der Waals surface area (Å²) in [6.07, 6.45) is 1.02. The van der Waals surface area contributed by atoms with E-state index in [4.69, 9.17) is 4.74 Å². The Kier molecular flexibility index (Phi) is 7.46. The summed E-state index contributed by atoms with van der Waals surface area (Å²) in [4.78, 5) is 28.3. The van der Waals surface area contributed by atoms with Gasteiger partial charge in [-0.3, -0.25) is 9.59 Å². The van der Waals surface area contributed by atoms with E-state index in [-0.39, 0.29) is 11.7 Å². The van der Waals surface area contributed by atoms with Crippen LogP contribution in [0.3, 0.4) is 0 Å². The second kappa shape index (κ2) is 10.3. The largest absolute Gasteiger partial charge is 0.494 e. The molecule has 6 nitrogen and oxygen atoms in total. The van der Waals surface area contributed by atoms with Crippen LogP contribution in [0.5, 0.6) is 5.75 Å². The predicted octanol–water partition coefficient (Wildman–Crippen LogP) is 3.75. The predicted molar refractivity (Wildman–Crippen MR) is 121 cm³/mol. The van der Waals surface area contributed by atoms with Gasteiger partial charge in [-0.1, -0.05) is 0 Å². The Morgan fingerprint density at radius 1 is 1.03 bits per heavy atom. The van der Waals surface area contributed by atoms with Crippen molar-refractivity contribution in [2.24, 2.45) is 0 Å². The van der Waals surface area contributed by atoms with Crippen LogP contribution in [0, 0.1) is 6.92 Å². The van der Waals surface area contributed by atoms with Crippen molar-refractivity contribution < 1.29 is 14.3 Å². The van der Waals surface area contributed by atoms with Crippen molar-refractivity contribution >= 4 is 23.1 Å². The SMILES string of the molecule is CC(=O)c1ccc(OCCCC(=O)Nc2ccc(N3CCN(C)CC3)c(C)c2)cc1. The molecule has 1 aliphatic heterocycles. The normalized spacial score (nSPS) is 14.4. The van der Waals surface area contributed by atoms with Gasteiger partial charge >= 0.3 is 0 Å². The van der Waals surface area contributed by atoms with Crippen LogP contribution < -0.4 is 15.0 Å². The van der Waals surface area contributed by atoms with Crippen LogP contribution in [0.15, 0.2) is 42.5 Å². The van der Waals surface area contributed by atoms with Crippen molar-refractivity contribution in [2.75, 3.05) is 50.1 Å². The number of piperazine rings is 1. The molecule has 0 unspecified atom stereocenters. The van der Waals surface area contributed by atoms with E-state index in [1.165, 1.54) is 18.2 Å². The van der Waals surface area contributed by atoms with Crippen LogP contribution in [0.2, 0.25) is 0 Å². The van der Waals surface area contributed by atoms with Gasteiger partial charge in [0.25, 0.3) is 0 Å². The third-order valence-electron chi connectivity index (χ3n) is 5.40. The molecule has 0 bridgehead atoms. The van der Waals surface area contributed by atoms with Crippen molar-refractivity contribution in [3.05, 3.63) is 53.6 Å². The molecule has 1 saturated heterocycles. The van der Waals surface area contributed by atoms with Crippen molar-refractivity contribution in [2.45, 2.75) is 26.7 Å². The topological polar surface area (TPSA) is 61.9 Å². The number of nitrogens with zero attached hydrogens (tertiary/aromatic N) is 2. The number of aryl methyl sites for hydroxylation is 1. The van der Waals surface area contributed by atoms with Gasteiger partial charge in [-0.05, 0) is 75.3 Å². The number of hydrogen-bond donors (Lipinski definition) is 1. The van der Waals surface area contributed by atoms with Gasteiger partial charge in [-0.15, -0.1) is 0 Å². The minimum Gasteiger partial charge on any atom is -0.494 e. The van der Waals surface area contributed by atoms with Gasteiger partial charge in [-0.2, -0.15) is 0 Å². The zero-order chi connectivity index (χ0) is 21.5. The van der Waals surface area contributed by atoms with Gasteiger partial charge in [0, 0.05) is 49.5 Å². The lowest BCUT2D eigenvalue weighted by Crippen LogP contribution is -2.44. The molecule has 3 rings (SSSR count). The van der Waals surface area contributed by atoms with E-state index < -0.39 is 0 Å². The summed E-state index contributed by atoms with van der Waals surface area (Å²) in [6.45, 7) is 8.28. The number of nitrogens with one attached hydrogen (secondary N) is 1.